The summed E-state index contributed by atoms with van der Waals surface area (Å²) < 4.78 is 50.3. The van der Waals surface area contributed by atoms with Crippen LogP contribution in [0, 0.1) is 0 Å². The number of para-hydroxylation sites is 1. The van der Waals surface area contributed by atoms with Crippen molar-refractivity contribution in [1.82, 2.24) is 14.5 Å². The number of ether oxygens (including phenoxy) is 2. The van der Waals surface area contributed by atoms with Crippen LogP contribution in [0.1, 0.15) is 46.9 Å². The Morgan fingerprint density at radius 2 is 1.74 bits per heavy atom. The number of hydrogen-bond acceptors (Lipinski definition) is 6. The van der Waals surface area contributed by atoms with Crippen LogP contribution in [0.3, 0.4) is 0 Å². The lowest BCUT2D eigenvalue weighted by atomic mass is 9.99. The number of likely N-dealkylation sites (tertiary alicyclic amines) is 1. The summed E-state index contributed by atoms with van der Waals surface area (Å²) in [5.74, 6) is -1.26. The fraction of sp³-hybridized carbons (Fsp3) is 0.370. The Balaban J connectivity index is 1.78. The standard InChI is InChI=1S/C27H28F3N3O5/c1-37-19-10-6-11-20(38-2)23(19)33-21(12-7-14-27(28,29)30)31-24(34)22(26(33)36)25(35)32-15-13-18(16-32)17-8-4-3-5-9-17/h3-6,8-11,18,34H,7,12-16H2,1-2H3. The van der Waals surface area contributed by atoms with Crippen LogP contribution >= 0.6 is 0 Å². The highest BCUT2D eigenvalue weighted by atomic mass is 19.4. The van der Waals surface area contributed by atoms with Gasteiger partial charge in [0, 0.05) is 31.8 Å². The van der Waals surface area contributed by atoms with Crippen molar-refractivity contribution in [2.75, 3.05) is 27.3 Å². The summed E-state index contributed by atoms with van der Waals surface area (Å²) in [5, 5.41) is 10.7. The van der Waals surface area contributed by atoms with Crippen molar-refractivity contribution >= 4 is 5.91 Å². The summed E-state index contributed by atoms with van der Waals surface area (Å²) in [6.07, 6.45) is -5.52. The van der Waals surface area contributed by atoms with Crippen molar-refractivity contribution in [3.05, 3.63) is 75.8 Å². The van der Waals surface area contributed by atoms with Crippen LogP contribution in [-0.2, 0) is 6.42 Å². The van der Waals surface area contributed by atoms with Gasteiger partial charge in [0.25, 0.3) is 11.5 Å². The fourth-order valence-corrected chi connectivity index (χ4v) is 4.74. The molecule has 1 aliphatic heterocycles. The van der Waals surface area contributed by atoms with Crippen LogP contribution in [-0.4, -0.2) is 59.0 Å². The molecule has 1 N–H and O–H groups in total. The highest BCUT2D eigenvalue weighted by molar-refractivity contribution is 5.96. The lowest BCUT2D eigenvalue weighted by molar-refractivity contribution is -0.135. The summed E-state index contributed by atoms with van der Waals surface area (Å²) in [4.78, 5) is 32.9. The summed E-state index contributed by atoms with van der Waals surface area (Å²) >= 11 is 0. The molecule has 1 aromatic heterocycles. The number of alkyl halides is 3. The van der Waals surface area contributed by atoms with E-state index in [1.54, 1.807) is 18.2 Å². The first-order valence-corrected chi connectivity index (χ1v) is 12.1. The first-order chi connectivity index (χ1) is 18.1. The van der Waals surface area contributed by atoms with Gasteiger partial charge in [0.2, 0.25) is 5.88 Å². The molecular weight excluding hydrogens is 503 g/mol. The first kappa shape index (κ1) is 27.0. The van der Waals surface area contributed by atoms with Gasteiger partial charge in [-0.2, -0.15) is 18.2 Å². The topological polar surface area (TPSA) is 93.9 Å². The minimum Gasteiger partial charge on any atom is -0.494 e. The second-order valence-corrected chi connectivity index (χ2v) is 8.99. The molecule has 1 unspecified atom stereocenters. The van der Waals surface area contributed by atoms with Gasteiger partial charge in [-0.3, -0.25) is 14.2 Å². The van der Waals surface area contributed by atoms with Gasteiger partial charge in [-0.05, 0) is 30.5 Å². The Bertz CT molecular complexity index is 1340. The van der Waals surface area contributed by atoms with Gasteiger partial charge in [-0.1, -0.05) is 36.4 Å². The van der Waals surface area contributed by atoms with Crippen LogP contribution in [0.4, 0.5) is 13.2 Å². The van der Waals surface area contributed by atoms with E-state index in [0.29, 0.717) is 19.5 Å². The van der Waals surface area contributed by atoms with Crippen molar-refractivity contribution in [3.8, 4) is 23.1 Å². The number of methoxy groups -OCH3 is 2. The van der Waals surface area contributed by atoms with Crippen molar-refractivity contribution < 1.29 is 32.5 Å². The van der Waals surface area contributed by atoms with E-state index in [1.165, 1.54) is 19.1 Å². The zero-order valence-electron chi connectivity index (χ0n) is 21.0. The van der Waals surface area contributed by atoms with Gasteiger partial charge < -0.3 is 19.5 Å². The van der Waals surface area contributed by atoms with E-state index in [1.807, 2.05) is 30.3 Å². The summed E-state index contributed by atoms with van der Waals surface area (Å²) in [6.45, 7) is 0.704. The van der Waals surface area contributed by atoms with Gasteiger partial charge in [-0.25, -0.2) is 0 Å². The molecule has 1 amide bonds. The van der Waals surface area contributed by atoms with E-state index in [-0.39, 0.29) is 41.8 Å². The van der Waals surface area contributed by atoms with Crippen LogP contribution in [0.2, 0.25) is 0 Å². The summed E-state index contributed by atoms with van der Waals surface area (Å²) in [6, 6.07) is 14.4. The van der Waals surface area contributed by atoms with E-state index in [0.717, 1.165) is 10.1 Å². The molecular formula is C27H28F3N3O5. The number of nitrogens with zero attached hydrogens (tertiary/aromatic N) is 3. The number of benzene rings is 2. The van der Waals surface area contributed by atoms with E-state index in [4.69, 9.17) is 9.47 Å². The Kier molecular flexibility index (Phi) is 7.94. The van der Waals surface area contributed by atoms with Gasteiger partial charge >= 0.3 is 6.18 Å². The second kappa shape index (κ2) is 11.2. The molecule has 1 aliphatic rings. The number of halogens is 3. The zero-order chi connectivity index (χ0) is 27.4. The molecule has 38 heavy (non-hydrogen) atoms. The van der Waals surface area contributed by atoms with Crippen LogP contribution < -0.4 is 15.0 Å². The molecule has 8 nitrogen and oxygen atoms in total. The molecule has 1 fully saturated rings. The maximum Gasteiger partial charge on any atom is 0.389 e. The first-order valence-electron chi connectivity index (χ1n) is 12.1. The van der Waals surface area contributed by atoms with Crippen LogP contribution in [0.25, 0.3) is 5.69 Å². The smallest absolute Gasteiger partial charge is 0.389 e. The minimum atomic E-state index is -4.41. The molecule has 2 heterocycles. The average molecular weight is 532 g/mol. The van der Waals surface area contributed by atoms with E-state index in [9.17, 15) is 27.9 Å². The molecule has 0 saturated carbocycles. The van der Waals surface area contributed by atoms with Gasteiger partial charge in [0.15, 0.2) is 5.56 Å². The molecule has 202 valence electrons. The third-order valence-corrected chi connectivity index (χ3v) is 6.58. The fourth-order valence-electron chi connectivity index (χ4n) is 4.74. The van der Waals surface area contributed by atoms with E-state index >= 15 is 0 Å². The monoisotopic (exact) mass is 531 g/mol. The van der Waals surface area contributed by atoms with Crippen molar-refractivity contribution in [3.63, 3.8) is 0 Å². The summed E-state index contributed by atoms with van der Waals surface area (Å²) in [5.41, 5.74) is -0.349. The molecule has 2 aromatic carbocycles. The largest absolute Gasteiger partial charge is 0.494 e. The lowest BCUT2D eigenvalue weighted by Crippen LogP contribution is -2.37. The number of hydrogen-bond donors (Lipinski definition) is 1. The van der Waals surface area contributed by atoms with Gasteiger partial charge in [-0.15, -0.1) is 0 Å². The molecule has 0 aliphatic carbocycles. The molecule has 3 aromatic rings. The van der Waals surface area contributed by atoms with Crippen molar-refractivity contribution in [1.29, 1.82) is 0 Å². The molecule has 0 spiro atoms. The lowest BCUT2D eigenvalue weighted by Gasteiger charge is -2.21. The summed E-state index contributed by atoms with van der Waals surface area (Å²) in [7, 11) is 2.72. The average Bonchev–Trinajstić information content (AvgIpc) is 3.39. The van der Waals surface area contributed by atoms with E-state index in [2.05, 4.69) is 4.98 Å². The van der Waals surface area contributed by atoms with E-state index < -0.39 is 35.5 Å². The highest BCUT2D eigenvalue weighted by Crippen LogP contribution is 2.34. The molecule has 0 bridgehead atoms. The molecule has 1 atom stereocenters. The third kappa shape index (κ3) is 5.61. The number of aromatic hydroxyl groups is 1. The molecule has 11 heteroatoms. The maximum atomic E-state index is 13.8. The minimum absolute atomic E-state index is 0.0634. The Hall–Kier alpha value is -4.02. The number of amides is 1. The molecule has 0 radical (unpaired) electrons. The molecule has 4 rings (SSSR count). The second-order valence-electron chi connectivity index (χ2n) is 8.99. The highest BCUT2D eigenvalue weighted by Gasteiger charge is 2.34. The van der Waals surface area contributed by atoms with Gasteiger partial charge in [0.05, 0.1) is 14.2 Å². The number of aromatic nitrogens is 2. The number of aryl methyl sites for hydroxylation is 1. The van der Waals surface area contributed by atoms with Crippen LogP contribution in [0.5, 0.6) is 17.4 Å². The number of carbonyl (C=O) groups excluding carboxylic acids is 1. The zero-order valence-corrected chi connectivity index (χ0v) is 21.0. The van der Waals surface area contributed by atoms with Crippen molar-refractivity contribution in [2.24, 2.45) is 0 Å². The Morgan fingerprint density at radius 3 is 2.34 bits per heavy atom. The van der Waals surface area contributed by atoms with Gasteiger partial charge in [0.1, 0.15) is 23.0 Å². The number of rotatable bonds is 8. The maximum absolute atomic E-state index is 13.8. The van der Waals surface area contributed by atoms with Crippen molar-refractivity contribution in [2.45, 2.75) is 37.8 Å². The third-order valence-electron chi connectivity index (χ3n) is 6.58. The molecule has 1 saturated heterocycles. The SMILES string of the molecule is COc1cccc(OC)c1-n1c(CCCC(F)(F)F)nc(O)c(C(=O)N2CCC(c3ccccc3)C2)c1=O. The Labute approximate surface area is 217 Å². The van der Waals surface area contributed by atoms with Crippen LogP contribution in [0.15, 0.2) is 53.3 Å². The predicted octanol–water partition coefficient (Wildman–Crippen LogP) is 4.47. The quantitative estimate of drug-likeness (QED) is 0.461. The normalized spacial score (nSPS) is 15.5. The number of carbonyl (C=O) groups is 1. The Morgan fingerprint density at radius 1 is 1.08 bits per heavy atom. The predicted molar refractivity (Wildman–Crippen MR) is 133 cm³/mol.